The van der Waals surface area contributed by atoms with Gasteiger partial charge in [-0.15, -0.1) is 0 Å². The van der Waals surface area contributed by atoms with Gasteiger partial charge in [0, 0.05) is 30.2 Å². The largest absolute Gasteiger partial charge is 0.375 e. The molecule has 0 aliphatic carbocycles. The normalized spacial score (nSPS) is 18.0. The summed E-state index contributed by atoms with van der Waals surface area (Å²) in [5.41, 5.74) is 3.27. The summed E-state index contributed by atoms with van der Waals surface area (Å²) >= 11 is 0. The predicted molar refractivity (Wildman–Crippen MR) is 94.7 cm³/mol. The molecule has 128 valence electrons. The second-order valence-corrected chi connectivity index (χ2v) is 6.49. The lowest BCUT2D eigenvalue weighted by Crippen LogP contribution is -2.41. The Kier molecular flexibility index (Phi) is 4.85. The molecule has 1 amide bonds. The molecule has 3 rings (SSSR count). The number of amides is 1. The van der Waals surface area contributed by atoms with Gasteiger partial charge in [-0.3, -0.25) is 9.89 Å². The number of hydrogen-bond acceptors (Lipinski definition) is 4. The predicted octanol–water partition coefficient (Wildman–Crippen LogP) is 3.01. The first-order valence-corrected chi connectivity index (χ1v) is 8.36. The molecule has 1 saturated heterocycles. The van der Waals surface area contributed by atoms with Crippen molar-refractivity contribution in [3.05, 3.63) is 41.7 Å². The third-order valence-corrected chi connectivity index (χ3v) is 4.18. The number of nitrogens with zero attached hydrogens (tertiary/aromatic N) is 2. The standard InChI is InChI=1S/C18H24N4O2/c1-12(2)16-10-17(21-20-16)18(23)19-14-4-6-15(7-5-14)22-8-9-24-13(3)11-22/h4-7,10,12-13H,8-9,11H2,1-3H3,(H,19,23)(H,20,21)/t13-/m1/s1. The molecule has 0 spiro atoms. The van der Waals surface area contributed by atoms with Crippen LogP contribution < -0.4 is 10.2 Å². The van der Waals surface area contributed by atoms with Crippen LogP contribution in [0.5, 0.6) is 0 Å². The van der Waals surface area contributed by atoms with E-state index in [1.165, 1.54) is 0 Å². The maximum absolute atomic E-state index is 12.3. The Morgan fingerprint density at radius 1 is 1.38 bits per heavy atom. The number of H-pyrrole nitrogens is 1. The van der Waals surface area contributed by atoms with Gasteiger partial charge in [0.2, 0.25) is 0 Å². The molecule has 0 saturated carbocycles. The minimum absolute atomic E-state index is 0.203. The minimum atomic E-state index is -0.203. The molecule has 0 radical (unpaired) electrons. The van der Waals surface area contributed by atoms with E-state index in [0.29, 0.717) is 11.6 Å². The van der Waals surface area contributed by atoms with Gasteiger partial charge in [-0.25, -0.2) is 0 Å². The lowest BCUT2D eigenvalue weighted by molar-refractivity contribution is 0.0532. The van der Waals surface area contributed by atoms with E-state index >= 15 is 0 Å². The molecule has 24 heavy (non-hydrogen) atoms. The summed E-state index contributed by atoms with van der Waals surface area (Å²) in [6.45, 7) is 8.71. The Balaban J connectivity index is 1.64. The van der Waals surface area contributed by atoms with Crippen molar-refractivity contribution in [1.82, 2.24) is 10.2 Å². The van der Waals surface area contributed by atoms with Crippen LogP contribution in [0.1, 0.15) is 42.9 Å². The Hall–Kier alpha value is -2.34. The highest BCUT2D eigenvalue weighted by Crippen LogP contribution is 2.21. The van der Waals surface area contributed by atoms with Crippen molar-refractivity contribution in [1.29, 1.82) is 0 Å². The number of anilines is 2. The van der Waals surface area contributed by atoms with E-state index in [-0.39, 0.29) is 12.0 Å². The summed E-state index contributed by atoms with van der Waals surface area (Å²) < 4.78 is 5.57. The van der Waals surface area contributed by atoms with Crippen LogP contribution in [0.25, 0.3) is 0 Å². The Morgan fingerprint density at radius 2 is 2.12 bits per heavy atom. The molecule has 1 fully saturated rings. The molecular weight excluding hydrogens is 304 g/mol. The van der Waals surface area contributed by atoms with E-state index in [4.69, 9.17) is 4.74 Å². The van der Waals surface area contributed by atoms with E-state index in [2.05, 4.69) is 41.2 Å². The monoisotopic (exact) mass is 328 g/mol. The van der Waals surface area contributed by atoms with Gasteiger partial charge in [-0.05, 0) is 43.2 Å². The molecule has 1 atom stereocenters. The Morgan fingerprint density at radius 3 is 2.75 bits per heavy atom. The fourth-order valence-corrected chi connectivity index (χ4v) is 2.75. The maximum Gasteiger partial charge on any atom is 0.276 e. The van der Waals surface area contributed by atoms with Gasteiger partial charge >= 0.3 is 0 Å². The van der Waals surface area contributed by atoms with Gasteiger partial charge in [0.05, 0.1) is 12.7 Å². The molecule has 0 bridgehead atoms. The highest BCUT2D eigenvalue weighted by atomic mass is 16.5. The SMILES string of the molecule is CC(C)c1cc(C(=O)Nc2ccc(N3CCO[C@H](C)C3)cc2)n[nH]1. The van der Waals surface area contributed by atoms with E-state index in [9.17, 15) is 4.79 Å². The lowest BCUT2D eigenvalue weighted by Gasteiger charge is -2.33. The molecule has 2 N–H and O–H groups in total. The number of morpholine rings is 1. The van der Waals surface area contributed by atoms with Crippen molar-refractivity contribution >= 4 is 17.3 Å². The molecule has 6 nitrogen and oxygen atoms in total. The van der Waals surface area contributed by atoms with Crippen LogP contribution in [-0.2, 0) is 4.74 Å². The fourth-order valence-electron chi connectivity index (χ4n) is 2.75. The second kappa shape index (κ2) is 7.05. The fraction of sp³-hybridized carbons (Fsp3) is 0.444. The first-order chi connectivity index (χ1) is 11.5. The number of carbonyl (C=O) groups excluding carboxylic acids is 1. The molecular formula is C18H24N4O2. The smallest absolute Gasteiger partial charge is 0.276 e. The molecule has 2 heterocycles. The van der Waals surface area contributed by atoms with Crippen LogP contribution in [0.4, 0.5) is 11.4 Å². The van der Waals surface area contributed by atoms with Crippen molar-refractivity contribution in [2.24, 2.45) is 0 Å². The minimum Gasteiger partial charge on any atom is -0.375 e. The average molecular weight is 328 g/mol. The van der Waals surface area contributed by atoms with E-state index in [1.54, 1.807) is 6.07 Å². The van der Waals surface area contributed by atoms with Crippen LogP contribution in [-0.4, -0.2) is 41.9 Å². The number of ether oxygens (including phenoxy) is 1. The first-order valence-electron chi connectivity index (χ1n) is 8.36. The highest BCUT2D eigenvalue weighted by molar-refractivity contribution is 6.03. The zero-order valence-corrected chi connectivity index (χ0v) is 14.4. The van der Waals surface area contributed by atoms with E-state index in [1.807, 2.05) is 24.3 Å². The number of aromatic nitrogens is 2. The summed E-state index contributed by atoms with van der Waals surface area (Å²) in [6.07, 6.45) is 0.243. The number of rotatable bonds is 4. The summed E-state index contributed by atoms with van der Waals surface area (Å²) in [4.78, 5) is 14.6. The second-order valence-electron chi connectivity index (χ2n) is 6.49. The van der Waals surface area contributed by atoms with Crippen LogP contribution in [0.3, 0.4) is 0 Å². The van der Waals surface area contributed by atoms with Crippen LogP contribution in [0, 0.1) is 0 Å². The topological polar surface area (TPSA) is 70.2 Å². The Bertz CT molecular complexity index is 693. The lowest BCUT2D eigenvalue weighted by atomic mass is 10.1. The zero-order valence-electron chi connectivity index (χ0n) is 14.4. The number of benzene rings is 1. The van der Waals surface area contributed by atoms with Crippen molar-refractivity contribution in [2.75, 3.05) is 29.9 Å². The average Bonchev–Trinajstić information content (AvgIpc) is 3.06. The van der Waals surface area contributed by atoms with Crippen LogP contribution in [0.2, 0.25) is 0 Å². The summed E-state index contributed by atoms with van der Waals surface area (Å²) in [7, 11) is 0. The van der Waals surface area contributed by atoms with Gasteiger partial charge in [-0.1, -0.05) is 13.8 Å². The van der Waals surface area contributed by atoms with E-state index in [0.717, 1.165) is 36.8 Å². The van der Waals surface area contributed by atoms with Gasteiger partial charge < -0.3 is 15.0 Å². The molecule has 1 aromatic carbocycles. The van der Waals surface area contributed by atoms with E-state index < -0.39 is 0 Å². The number of nitrogens with one attached hydrogen (secondary N) is 2. The van der Waals surface area contributed by atoms with Gasteiger partial charge in [0.15, 0.2) is 5.69 Å². The summed E-state index contributed by atoms with van der Waals surface area (Å²) in [5.74, 6) is 0.111. The number of aromatic amines is 1. The summed E-state index contributed by atoms with van der Waals surface area (Å²) in [5, 5.41) is 9.86. The first kappa shape index (κ1) is 16.5. The summed E-state index contributed by atoms with van der Waals surface area (Å²) in [6, 6.07) is 9.69. The number of carbonyl (C=O) groups is 1. The van der Waals surface area contributed by atoms with Crippen molar-refractivity contribution < 1.29 is 9.53 Å². The van der Waals surface area contributed by atoms with Crippen LogP contribution in [0.15, 0.2) is 30.3 Å². The third-order valence-electron chi connectivity index (χ3n) is 4.18. The van der Waals surface area contributed by atoms with Crippen molar-refractivity contribution in [2.45, 2.75) is 32.8 Å². The molecule has 6 heteroatoms. The number of hydrogen-bond donors (Lipinski definition) is 2. The third kappa shape index (κ3) is 3.76. The maximum atomic E-state index is 12.3. The Labute approximate surface area is 142 Å². The van der Waals surface area contributed by atoms with Crippen LogP contribution >= 0.6 is 0 Å². The van der Waals surface area contributed by atoms with Gasteiger partial charge in [0.1, 0.15) is 0 Å². The van der Waals surface area contributed by atoms with Crippen molar-refractivity contribution in [3.8, 4) is 0 Å². The van der Waals surface area contributed by atoms with Gasteiger partial charge in [0.25, 0.3) is 5.91 Å². The molecule has 0 unspecified atom stereocenters. The highest BCUT2D eigenvalue weighted by Gasteiger charge is 2.17. The molecule has 1 aliphatic heterocycles. The zero-order chi connectivity index (χ0) is 17.1. The molecule has 1 aromatic heterocycles. The molecule has 1 aliphatic rings. The van der Waals surface area contributed by atoms with Crippen molar-refractivity contribution in [3.63, 3.8) is 0 Å². The van der Waals surface area contributed by atoms with Gasteiger partial charge in [-0.2, -0.15) is 5.10 Å². The quantitative estimate of drug-likeness (QED) is 0.905. The molecule has 2 aromatic rings.